The van der Waals surface area contributed by atoms with Crippen LogP contribution in [0.15, 0.2) is 42.1 Å². The van der Waals surface area contributed by atoms with Crippen molar-refractivity contribution < 1.29 is 9.53 Å². The number of halogens is 1. The quantitative estimate of drug-likeness (QED) is 0.637. The fourth-order valence-corrected chi connectivity index (χ4v) is 3.73. The van der Waals surface area contributed by atoms with Crippen LogP contribution in [-0.4, -0.2) is 57.2 Å². The predicted octanol–water partition coefficient (Wildman–Crippen LogP) is 2.40. The molecule has 2 heterocycles. The molecule has 4 N–H and O–H groups in total. The summed E-state index contributed by atoms with van der Waals surface area (Å²) >= 11 is 6.05. The van der Waals surface area contributed by atoms with Crippen molar-refractivity contribution >= 4 is 18.1 Å². The maximum Gasteiger partial charge on any atom is 0.293 e. The summed E-state index contributed by atoms with van der Waals surface area (Å²) in [5, 5.41) is 7.43. The van der Waals surface area contributed by atoms with Crippen molar-refractivity contribution in [1.82, 2.24) is 15.5 Å². The molecule has 0 spiro atoms. The first-order valence-corrected chi connectivity index (χ1v) is 10.5. The number of piperazine rings is 1. The lowest BCUT2D eigenvalue weighted by Crippen LogP contribution is -2.40. The second-order valence-electron chi connectivity index (χ2n) is 7.22. The van der Waals surface area contributed by atoms with E-state index in [9.17, 15) is 4.79 Å². The molecule has 1 aliphatic carbocycles. The van der Waals surface area contributed by atoms with Crippen LogP contribution in [0, 0.1) is 0 Å². The van der Waals surface area contributed by atoms with Gasteiger partial charge in [-0.1, -0.05) is 23.7 Å². The highest BCUT2D eigenvalue weighted by Crippen LogP contribution is 2.33. The second kappa shape index (κ2) is 12.6. The van der Waals surface area contributed by atoms with Crippen molar-refractivity contribution in [1.29, 1.82) is 0 Å². The summed E-state index contributed by atoms with van der Waals surface area (Å²) in [4.78, 5) is 11.5. The van der Waals surface area contributed by atoms with Crippen LogP contribution < -0.4 is 16.4 Å². The third-order valence-corrected chi connectivity index (χ3v) is 5.40. The minimum absolute atomic E-state index is 0.000895. The number of nitrogens with zero attached hydrogens (tertiary/aromatic N) is 1. The molecule has 2 unspecified atom stereocenters. The van der Waals surface area contributed by atoms with Gasteiger partial charge in [-0.2, -0.15) is 0 Å². The van der Waals surface area contributed by atoms with Gasteiger partial charge >= 0.3 is 0 Å². The molecule has 7 heteroatoms. The third kappa shape index (κ3) is 7.48. The van der Waals surface area contributed by atoms with Crippen LogP contribution in [0.5, 0.6) is 0 Å². The van der Waals surface area contributed by atoms with Gasteiger partial charge in [0.05, 0.1) is 18.7 Å². The van der Waals surface area contributed by atoms with Crippen molar-refractivity contribution in [2.45, 2.75) is 31.8 Å². The van der Waals surface area contributed by atoms with E-state index in [1.165, 1.54) is 29.8 Å². The highest BCUT2D eigenvalue weighted by Gasteiger charge is 2.28. The first kappa shape index (κ1) is 23.4. The Hall–Kier alpha value is -1.86. The molecule has 0 amide bonds. The highest BCUT2D eigenvalue weighted by molar-refractivity contribution is 6.30. The topological polar surface area (TPSA) is 79.6 Å². The summed E-state index contributed by atoms with van der Waals surface area (Å²) in [6, 6.07) is 6.25. The first-order valence-electron chi connectivity index (χ1n) is 10.2. The minimum Gasteiger partial charge on any atom is -0.468 e. The van der Waals surface area contributed by atoms with E-state index < -0.39 is 0 Å². The van der Waals surface area contributed by atoms with Crippen LogP contribution in [0.3, 0.4) is 0 Å². The zero-order valence-electron chi connectivity index (χ0n) is 17.4. The summed E-state index contributed by atoms with van der Waals surface area (Å²) in [6.45, 7) is 7.41. The van der Waals surface area contributed by atoms with E-state index in [2.05, 4.69) is 39.5 Å². The minimum atomic E-state index is 0.000895. The van der Waals surface area contributed by atoms with Gasteiger partial charge in [-0.15, -0.1) is 0 Å². The van der Waals surface area contributed by atoms with Crippen LogP contribution in [0.4, 0.5) is 0 Å². The zero-order chi connectivity index (χ0) is 21.1. The number of dihydropyridines is 1. The van der Waals surface area contributed by atoms with Gasteiger partial charge in [0.1, 0.15) is 0 Å². The lowest BCUT2D eigenvalue weighted by Gasteiger charge is -2.27. The molecule has 160 valence electrons. The number of allylic oxidation sites excluding steroid dienone is 2. The number of likely N-dealkylation sites (N-methyl/N-ethyl adjacent to an activating group) is 1. The van der Waals surface area contributed by atoms with Crippen molar-refractivity contribution in [3.63, 3.8) is 0 Å². The van der Waals surface area contributed by atoms with Crippen LogP contribution in [0.25, 0.3) is 0 Å². The normalized spacial score (nSPS) is 22.7. The Morgan fingerprint density at radius 3 is 2.66 bits per heavy atom. The van der Waals surface area contributed by atoms with Gasteiger partial charge in [-0.25, -0.2) is 0 Å². The molecular formula is C22H33ClN4O2. The van der Waals surface area contributed by atoms with Gasteiger partial charge < -0.3 is 26.0 Å². The average Bonchev–Trinajstić information content (AvgIpc) is 2.87. The number of ether oxygens (including phenoxy) is 1. The Morgan fingerprint density at radius 2 is 2.07 bits per heavy atom. The molecular weight excluding hydrogens is 388 g/mol. The molecule has 4 rings (SSSR count). The number of aryl methyl sites for hydroxylation is 1. The zero-order valence-corrected chi connectivity index (χ0v) is 18.1. The van der Waals surface area contributed by atoms with Gasteiger partial charge in [-0.3, -0.25) is 4.79 Å². The SMILES string of the molecule is CCOC=O.CN1CCNCC1.NC1c2ccc(Cl)cc2CCC2=CC=CNC21. The van der Waals surface area contributed by atoms with E-state index in [1.54, 1.807) is 6.92 Å². The van der Waals surface area contributed by atoms with E-state index in [-0.39, 0.29) is 12.1 Å². The Morgan fingerprint density at radius 1 is 1.31 bits per heavy atom. The molecule has 1 fully saturated rings. The smallest absolute Gasteiger partial charge is 0.293 e. The summed E-state index contributed by atoms with van der Waals surface area (Å²) in [6.07, 6.45) is 8.25. The average molecular weight is 421 g/mol. The standard InChI is InChI=1S/C14H15ClN2.C5H12N2.C3H6O2/c15-11-5-6-12-10(8-11)4-3-9-2-1-7-17-14(9)13(12)16;1-7-4-2-6-3-5-7;1-2-5-3-4/h1-2,5-8,13-14,17H,3-4,16H2;6H,2-5H2,1H3;3H,2H2,1H3. The molecule has 1 saturated heterocycles. The molecule has 29 heavy (non-hydrogen) atoms. The van der Waals surface area contributed by atoms with E-state index in [4.69, 9.17) is 17.3 Å². The third-order valence-electron chi connectivity index (χ3n) is 5.16. The molecule has 0 aromatic heterocycles. The fourth-order valence-electron chi connectivity index (χ4n) is 3.53. The molecule has 3 aliphatic rings. The van der Waals surface area contributed by atoms with Gasteiger partial charge in [0.25, 0.3) is 6.47 Å². The number of hydrogen-bond acceptors (Lipinski definition) is 6. The molecule has 1 aromatic carbocycles. The van der Waals surface area contributed by atoms with Crippen LogP contribution in [0.2, 0.25) is 5.02 Å². The van der Waals surface area contributed by atoms with E-state index in [0.717, 1.165) is 31.0 Å². The number of benzene rings is 1. The van der Waals surface area contributed by atoms with Gasteiger partial charge in [0, 0.05) is 31.2 Å². The number of carbonyl (C=O) groups is 1. The summed E-state index contributed by atoms with van der Waals surface area (Å²) in [5.41, 5.74) is 10.2. The van der Waals surface area contributed by atoms with Crippen molar-refractivity contribution in [2.24, 2.45) is 5.73 Å². The molecule has 0 saturated carbocycles. The first-order chi connectivity index (χ1) is 14.1. The molecule has 0 bridgehead atoms. The lowest BCUT2D eigenvalue weighted by molar-refractivity contribution is -0.128. The predicted molar refractivity (Wildman–Crippen MR) is 119 cm³/mol. The number of hydrogen-bond donors (Lipinski definition) is 3. The number of nitrogens with one attached hydrogen (secondary N) is 2. The van der Waals surface area contributed by atoms with Gasteiger partial charge in [0.2, 0.25) is 0 Å². The Labute approximate surface area is 179 Å². The summed E-state index contributed by atoms with van der Waals surface area (Å²) in [7, 11) is 2.15. The molecule has 2 aliphatic heterocycles. The lowest BCUT2D eigenvalue weighted by atomic mass is 9.93. The van der Waals surface area contributed by atoms with Crippen LogP contribution >= 0.6 is 11.6 Å². The van der Waals surface area contributed by atoms with E-state index in [1.807, 2.05) is 24.4 Å². The fraction of sp³-hybridized carbons (Fsp3) is 0.500. The number of fused-ring (bicyclic) bond motifs is 2. The number of nitrogens with two attached hydrogens (primary N) is 1. The monoisotopic (exact) mass is 420 g/mol. The highest BCUT2D eigenvalue weighted by atomic mass is 35.5. The summed E-state index contributed by atoms with van der Waals surface area (Å²) in [5.74, 6) is 0. The molecule has 2 atom stereocenters. The van der Waals surface area contributed by atoms with Crippen molar-refractivity contribution in [3.05, 3.63) is 58.3 Å². The molecule has 6 nitrogen and oxygen atoms in total. The molecule has 0 radical (unpaired) electrons. The maximum atomic E-state index is 9.18. The van der Waals surface area contributed by atoms with E-state index >= 15 is 0 Å². The van der Waals surface area contributed by atoms with Gasteiger partial charge in [0.15, 0.2) is 0 Å². The Kier molecular flexibility index (Phi) is 10.2. The number of carbonyl (C=O) groups excluding carboxylic acids is 1. The van der Waals surface area contributed by atoms with Crippen LogP contribution in [-0.2, 0) is 16.0 Å². The summed E-state index contributed by atoms with van der Waals surface area (Å²) < 4.78 is 4.15. The van der Waals surface area contributed by atoms with Crippen LogP contribution in [0.1, 0.15) is 30.5 Å². The molecule has 1 aromatic rings. The van der Waals surface area contributed by atoms with E-state index in [0.29, 0.717) is 13.1 Å². The largest absolute Gasteiger partial charge is 0.468 e. The van der Waals surface area contributed by atoms with Gasteiger partial charge in [-0.05, 0) is 67.9 Å². The second-order valence-corrected chi connectivity index (χ2v) is 7.66. The Bertz CT molecular complexity index is 702. The van der Waals surface area contributed by atoms with Crippen molar-refractivity contribution in [3.8, 4) is 0 Å². The number of rotatable bonds is 2. The Balaban J connectivity index is 0.000000207. The maximum absolute atomic E-state index is 9.18. The van der Waals surface area contributed by atoms with Crippen molar-refractivity contribution in [2.75, 3.05) is 39.8 Å².